The van der Waals surface area contributed by atoms with Gasteiger partial charge in [-0.2, -0.15) is 0 Å². The number of rotatable bonds is 6. The molecule has 0 bridgehead atoms. The fraction of sp³-hybridized carbons (Fsp3) is 0.250. The molecule has 3 aliphatic heterocycles. The number of hydrogen-bond acceptors (Lipinski definition) is 6. The van der Waals surface area contributed by atoms with Gasteiger partial charge in [-0.1, -0.05) is 59.2 Å². The highest BCUT2D eigenvalue weighted by molar-refractivity contribution is 6.31. The Kier molecular flexibility index (Phi) is 9.33. The van der Waals surface area contributed by atoms with Crippen LogP contribution in [-0.2, 0) is 20.8 Å². The Morgan fingerprint density at radius 2 is 1.82 bits per heavy atom. The maximum absolute atomic E-state index is 14.7. The van der Waals surface area contributed by atoms with Crippen LogP contribution in [0.4, 0.5) is 10.1 Å². The molecule has 3 heterocycles. The number of nitrogens with zero attached hydrogens (tertiary/aromatic N) is 2. The van der Waals surface area contributed by atoms with Gasteiger partial charge in [0.05, 0.1) is 22.0 Å². The average Bonchev–Trinajstić information content (AvgIpc) is 3.52. The molecule has 3 aliphatic rings. The van der Waals surface area contributed by atoms with Gasteiger partial charge >= 0.3 is 5.97 Å². The van der Waals surface area contributed by atoms with Gasteiger partial charge in [-0.3, -0.25) is 9.59 Å². The molecule has 0 aromatic heterocycles. The highest BCUT2D eigenvalue weighted by Gasteiger charge is 2.42. The molecule has 0 saturated carbocycles. The van der Waals surface area contributed by atoms with E-state index in [-0.39, 0.29) is 52.9 Å². The molecule has 6 rings (SSSR count). The van der Waals surface area contributed by atoms with Crippen molar-refractivity contribution in [2.45, 2.75) is 31.4 Å². The van der Waals surface area contributed by atoms with E-state index in [9.17, 15) is 23.9 Å². The van der Waals surface area contributed by atoms with Crippen molar-refractivity contribution in [1.82, 2.24) is 10.2 Å². The first-order chi connectivity index (χ1) is 20.8. The maximum atomic E-state index is 14.7. The Labute approximate surface area is 264 Å². The summed E-state index contributed by atoms with van der Waals surface area (Å²) >= 11 is 5.95. The van der Waals surface area contributed by atoms with Crippen molar-refractivity contribution in [2.24, 2.45) is 5.16 Å². The summed E-state index contributed by atoms with van der Waals surface area (Å²) in [6.45, 7) is 1.80. The minimum Gasteiger partial charge on any atom is -0.478 e. The predicted molar refractivity (Wildman–Crippen MR) is 167 cm³/mol. The number of carboxylic acid groups (broad SMARTS) is 1. The molecule has 3 aromatic rings. The van der Waals surface area contributed by atoms with Crippen LogP contribution in [0.1, 0.15) is 51.5 Å². The third-order valence-corrected chi connectivity index (χ3v) is 8.28. The summed E-state index contributed by atoms with van der Waals surface area (Å²) in [4.78, 5) is 46.8. The second-order valence-corrected chi connectivity index (χ2v) is 10.9. The van der Waals surface area contributed by atoms with Crippen molar-refractivity contribution in [3.8, 4) is 0 Å². The van der Waals surface area contributed by atoms with Crippen LogP contribution in [0.15, 0.2) is 71.9 Å². The van der Waals surface area contributed by atoms with Crippen LogP contribution in [0, 0.1) is 5.82 Å². The third kappa shape index (κ3) is 5.93. The van der Waals surface area contributed by atoms with E-state index in [0.29, 0.717) is 12.0 Å². The number of oxime groups is 1. The van der Waals surface area contributed by atoms with Gasteiger partial charge in [0.2, 0.25) is 6.10 Å². The molecule has 0 aliphatic carbocycles. The Morgan fingerprint density at radius 3 is 2.59 bits per heavy atom. The van der Waals surface area contributed by atoms with Crippen LogP contribution in [0.5, 0.6) is 0 Å². The van der Waals surface area contributed by atoms with Crippen LogP contribution in [0.25, 0.3) is 5.57 Å². The Bertz CT molecular complexity index is 1690. The number of aromatic carboxylic acids is 1. The van der Waals surface area contributed by atoms with E-state index >= 15 is 0 Å². The molecular weight excluding hydrogens is 610 g/mol. The molecule has 0 spiro atoms. The first-order valence-corrected chi connectivity index (χ1v) is 14.3. The first kappa shape index (κ1) is 31.2. The fourth-order valence-electron chi connectivity index (χ4n) is 5.92. The lowest BCUT2D eigenvalue weighted by Crippen LogP contribution is -2.49. The van der Waals surface area contributed by atoms with Crippen molar-refractivity contribution in [1.29, 1.82) is 0 Å². The van der Waals surface area contributed by atoms with Gasteiger partial charge in [-0.15, -0.1) is 12.4 Å². The maximum Gasteiger partial charge on any atom is 0.337 e. The Hall–Kier alpha value is -4.25. The summed E-state index contributed by atoms with van der Waals surface area (Å²) in [5, 5.41) is 19.7. The molecule has 44 heavy (non-hydrogen) atoms. The number of carbonyl (C=O) groups is 3. The lowest BCUT2D eigenvalue weighted by molar-refractivity contribution is -0.148. The zero-order chi connectivity index (χ0) is 30.1. The van der Waals surface area contributed by atoms with Crippen molar-refractivity contribution in [2.75, 3.05) is 25.0 Å². The van der Waals surface area contributed by atoms with E-state index in [4.69, 9.17) is 16.4 Å². The second kappa shape index (κ2) is 13.2. The monoisotopic (exact) mass is 638 g/mol. The lowest BCUT2D eigenvalue weighted by atomic mass is 9.84. The number of halogens is 3. The standard InChI is InChI=1S/C32H28ClFN4O5.ClH/c33-24-9-4-8-22(28(24)34)26-17-27(43-37-26)31(40)38-16-13-20-19(18-11-14-35-15-12-18)6-3-7-21(20)29(38)30(39)36-25-10-2-1-5-23(25)32(41)42;/h1-11,27,29,35H,12-17H2,(H,36,39)(H,41,42);1H/t27-,29+;/m1./s1. The average molecular weight is 640 g/mol. The van der Waals surface area contributed by atoms with Crippen molar-refractivity contribution in [3.63, 3.8) is 0 Å². The zero-order valence-corrected chi connectivity index (χ0v) is 25.0. The van der Waals surface area contributed by atoms with Gasteiger partial charge in [0, 0.05) is 25.1 Å². The molecule has 3 N–H and O–H groups in total. The SMILES string of the molecule is Cl.O=C(O)c1ccccc1NC(=O)[C@@H]1c2cccc(C3=CCNCC3)c2CCN1C(=O)[C@H]1CC(c2cccc(Cl)c2F)=NO1. The van der Waals surface area contributed by atoms with E-state index in [2.05, 4.69) is 21.9 Å². The van der Waals surface area contributed by atoms with Gasteiger partial charge in [-0.25, -0.2) is 9.18 Å². The van der Waals surface area contributed by atoms with E-state index in [1.807, 2.05) is 18.2 Å². The smallest absolute Gasteiger partial charge is 0.337 e. The van der Waals surface area contributed by atoms with Gasteiger partial charge in [0.1, 0.15) is 6.04 Å². The molecule has 228 valence electrons. The first-order valence-electron chi connectivity index (χ1n) is 14.0. The Morgan fingerprint density at radius 1 is 1.05 bits per heavy atom. The number of benzene rings is 3. The molecule has 12 heteroatoms. The quantitative estimate of drug-likeness (QED) is 0.340. The van der Waals surface area contributed by atoms with Crippen molar-refractivity contribution >= 4 is 58.8 Å². The summed E-state index contributed by atoms with van der Waals surface area (Å²) in [6.07, 6.45) is 2.38. The van der Waals surface area contributed by atoms with E-state index in [0.717, 1.165) is 30.6 Å². The van der Waals surface area contributed by atoms with Crippen LogP contribution in [0.3, 0.4) is 0 Å². The number of nitrogens with one attached hydrogen (secondary N) is 2. The Balaban J connectivity index is 0.00000384. The van der Waals surface area contributed by atoms with Crippen LogP contribution < -0.4 is 10.6 Å². The normalized spacial score (nSPS) is 19.1. The van der Waals surface area contributed by atoms with Crippen LogP contribution in [-0.4, -0.2) is 59.2 Å². The van der Waals surface area contributed by atoms with Crippen molar-refractivity contribution in [3.05, 3.63) is 105 Å². The van der Waals surface area contributed by atoms with Gasteiger partial charge in [0.25, 0.3) is 11.8 Å². The number of carbonyl (C=O) groups excluding carboxylic acids is 2. The van der Waals surface area contributed by atoms with Crippen LogP contribution in [0.2, 0.25) is 5.02 Å². The number of fused-ring (bicyclic) bond motifs is 1. The molecule has 9 nitrogen and oxygen atoms in total. The van der Waals surface area contributed by atoms with E-state index in [1.54, 1.807) is 18.2 Å². The second-order valence-electron chi connectivity index (χ2n) is 10.5. The molecule has 3 aromatic carbocycles. The largest absolute Gasteiger partial charge is 0.478 e. The molecular formula is C32H29Cl2FN4O5. The minimum absolute atomic E-state index is 0. The highest BCUT2D eigenvalue weighted by atomic mass is 35.5. The molecule has 0 fully saturated rings. The fourth-order valence-corrected chi connectivity index (χ4v) is 6.09. The van der Waals surface area contributed by atoms with Crippen LogP contribution >= 0.6 is 24.0 Å². The summed E-state index contributed by atoms with van der Waals surface area (Å²) in [7, 11) is 0. The number of hydrogen-bond donors (Lipinski definition) is 3. The van der Waals surface area contributed by atoms with Gasteiger partial charge in [0.15, 0.2) is 5.82 Å². The predicted octanol–water partition coefficient (Wildman–Crippen LogP) is 5.23. The summed E-state index contributed by atoms with van der Waals surface area (Å²) in [6, 6.07) is 15.3. The van der Waals surface area contributed by atoms with E-state index in [1.165, 1.54) is 34.7 Å². The molecule has 2 atom stereocenters. The minimum atomic E-state index is -1.19. The zero-order valence-electron chi connectivity index (χ0n) is 23.4. The van der Waals surface area contributed by atoms with Crippen molar-refractivity contribution < 1.29 is 28.7 Å². The van der Waals surface area contributed by atoms with Gasteiger partial charge in [-0.05, 0) is 65.9 Å². The summed E-state index contributed by atoms with van der Waals surface area (Å²) < 4.78 is 14.7. The third-order valence-electron chi connectivity index (χ3n) is 7.98. The number of para-hydroxylation sites is 1. The molecule has 0 unspecified atom stereocenters. The topological polar surface area (TPSA) is 120 Å². The van der Waals surface area contributed by atoms with E-state index < -0.39 is 35.7 Å². The van der Waals surface area contributed by atoms with Gasteiger partial charge < -0.3 is 25.5 Å². The number of amides is 2. The number of anilines is 1. The summed E-state index contributed by atoms with van der Waals surface area (Å²) in [5.74, 6) is -2.88. The molecule has 0 radical (unpaired) electrons. The molecule has 0 saturated heterocycles. The number of carboxylic acids is 1. The lowest BCUT2D eigenvalue weighted by Gasteiger charge is -2.38. The highest BCUT2D eigenvalue weighted by Crippen LogP contribution is 2.38. The molecule has 2 amide bonds. The summed E-state index contributed by atoms with van der Waals surface area (Å²) in [5.41, 5.74) is 4.27.